The molecule has 2 N–H and O–H groups in total. The first-order valence-electron chi connectivity index (χ1n) is 5.27. The van der Waals surface area contributed by atoms with Crippen LogP contribution in [0, 0.1) is 0 Å². The Hall–Kier alpha value is 0.450. The van der Waals surface area contributed by atoms with Gasteiger partial charge in [0.2, 0.25) is 0 Å². The Kier molecular flexibility index (Phi) is 7.00. The zero-order valence-electron chi connectivity index (χ0n) is 9.57. The van der Waals surface area contributed by atoms with E-state index in [2.05, 4.69) is 45.9 Å². The molecule has 0 aliphatic heterocycles. The summed E-state index contributed by atoms with van der Waals surface area (Å²) in [6.07, 6.45) is 3.10. The van der Waals surface area contributed by atoms with Crippen molar-refractivity contribution in [1.82, 2.24) is 5.32 Å². The second-order valence-corrected chi connectivity index (χ2v) is 6.47. The molecule has 0 bridgehead atoms. The molecular weight excluding hydrogens is 306 g/mol. The smallest absolute Gasteiger partial charge is 0.0585 e. The second-order valence-electron chi connectivity index (χ2n) is 3.68. The second kappa shape index (κ2) is 7.71. The molecule has 1 aromatic rings. The Morgan fingerprint density at radius 1 is 1.62 bits per heavy atom. The van der Waals surface area contributed by atoms with Crippen LogP contribution in [0.5, 0.6) is 0 Å². The van der Waals surface area contributed by atoms with Crippen LogP contribution in [0.4, 0.5) is 0 Å². The van der Waals surface area contributed by atoms with Crippen molar-refractivity contribution in [1.29, 1.82) is 0 Å². The first-order chi connectivity index (χ1) is 7.69. The lowest BCUT2D eigenvalue weighted by atomic mass is 10.2. The fourth-order valence-electron chi connectivity index (χ4n) is 1.53. The zero-order valence-corrected chi connectivity index (χ0v) is 12.8. The molecule has 92 valence electrons. The van der Waals surface area contributed by atoms with Crippen molar-refractivity contribution >= 4 is 39.0 Å². The predicted octanol–water partition coefficient (Wildman–Crippen LogP) is 3.28. The Balaban J connectivity index is 2.48. The maximum atomic E-state index is 9.29. The minimum Gasteiger partial charge on any atom is -0.395 e. The highest BCUT2D eigenvalue weighted by atomic mass is 79.9. The molecule has 0 aliphatic rings. The zero-order chi connectivity index (χ0) is 12.0. The molecule has 1 rings (SSSR count). The predicted molar refractivity (Wildman–Crippen MR) is 77.4 cm³/mol. The van der Waals surface area contributed by atoms with Gasteiger partial charge in [-0.2, -0.15) is 11.8 Å². The van der Waals surface area contributed by atoms with E-state index >= 15 is 0 Å². The van der Waals surface area contributed by atoms with E-state index in [-0.39, 0.29) is 18.7 Å². The summed E-state index contributed by atoms with van der Waals surface area (Å²) < 4.78 is 1.15. The molecule has 2 atom stereocenters. The van der Waals surface area contributed by atoms with Crippen LogP contribution in [0.15, 0.2) is 15.9 Å². The highest BCUT2D eigenvalue weighted by Gasteiger charge is 2.15. The monoisotopic (exact) mass is 323 g/mol. The fraction of sp³-hybridized carbons (Fsp3) is 0.636. The van der Waals surface area contributed by atoms with E-state index in [0.717, 1.165) is 16.6 Å². The number of nitrogens with one attached hydrogen (secondary N) is 1. The molecule has 0 spiro atoms. The normalized spacial score (nSPS) is 15.0. The number of aliphatic hydroxyl groups excluding tert-OH is 1. The van der Waals surface area contributed by atoms with Gasteiger partial charge in [-0.3, -0.25) is 0 Å². The van der Waals surface area contributed by atoms with E-state index in [0.29, 0.717) is 0 Å². The summed E-state index contributed by atoms with van der Waals surface area (Å²) in [7, 11) is 0. The molecule has 0 radical (unpaired) electrons. The molecule has 16 heavy (non-hydrogen) atoms. The van der Waals surface area contributed by atoms with Crippen LogP contribution in [0.25, 0.3) is 0 Å². The van der Waals surface area contributed by atoms with E-state index in [4.69, 9.17) is 0 Å². The van der Waals surface area contributed by atoms with Gasteiger partial charge in [0, 0.05) is 21.4 Å². The van der Waals surface area contributed by atoms with Gasteiger partial charge in [-0.05, 0) is 52.7 Å². The minimum atomic E-state index is 0.191. The first-order valence-corrected chi connectivity index (χ1v) is 8.34. The Morgan fingerprint density at radius 2 is 2.38 bits per heavy atom. The quantitative estimate of drug-likeness (QED) is 0.807. The van der Waals surface area contributed by atoms with Gasteiger partial charge in [0.15, 0.2) is 0 Å². The Bertz CT molecular complexity index is 306. The summed E-state index contributed by atoms with van der Waals surface area (Å²) in [5.41, 5.74) is 0. The summed E-state index contributed by atoms with van der Waals surface area (Å²) in [6.45, 7) is 2.34. The van der Waals surface area contributed by atoms with Gasteiger partial charge in [0.05, 0.1) is 6.61 Å². The number of thioether (sulfide) groups is 1. The Labute approximate surface area is 114 Å². The van der Waals surface area contributed by atoms with Crippen LogP contribution in [-0.2, 0) is 0 Å². The highest BCUT2D eigenvalue weighted by Crippen LogP contribution is 2.29. The highest BCUT2D eigenvalue weighted by molar-refractivity contribution is 9.10. The van der Waals surface area contributed by atoms with Crippen LogP contribution >= 0.6 is 39.0 Å². The molecule has 0 aromatic carbocycles. The van der Waals surface area contributed by atoms with Crippen molar-refractivity contribution in [2.45, 2.75) is 25.4 Å². The van der Waals surface area contributed by atoms with Crippen molar-refractivity contribution in [3.63, 3.8) is 0 Å². The third kappa shape index (κ3) is 4.37. The van der Waals surface area contributed by atoms with Crippen molar-refractivity contribution in [3.05, 3.63) is 20.8 Å². The average Bonchev–Trinajstić information content (AvgIpc) is 2.70. The van der Waals surface area contributed by atoms with Crippen LogP contribution in [0.1, 0.15) is 24.3 Å². The number of halogens is 1. The SMILES string of the molecule is CSCCC(CO)NC(C)c1sccc1Br. The van der Waals surface area contributed by atoms with E-state index < -0.39 is 0 Å². The molecule has 2 unspecified atom stereocenters. The fourth-order valence-corrected chi connectivity index (χ4v) is 3.79. The first kappa shape index (κ1) is 14.5. The molecule has 1 heterocycles. The molecule has 0 saturated carbocycles. The molecule has 0 aliphatic carbocycles. The van der Waals surface area contributed by atoms with Gasteiger partial charge in [0.25, 0.3) is 0 Å². The van der Waals surface area contributed by atoms with Gasteiger partial charge in [-0.25, -0.2) is 0 Å². The van der Waals surface area contributed by atoms with Gasteiger partial charge in [0.1, 0.15) is 0 Å². The van der Waals surface area contributed by atoms with Crippen molar-refractivity contribution < 1.29 is 5.11 Å². The van der Waals surface area contributed by atoms with Crippen molar-refractivity contribution in [2.75, 3.05) is 18.6 Å². The van der Waals surface area contributed by atoms with Crippen LogP contribution in [-0.4, -0.2) is 29.8 Å². The maximum absolute atomic E-state index is 9.29. The van der Waals surface area contributed by atoms with Crippen LogP contribution < -0.4 is 5.32 Å². The lowest BCUT2D eigenvalue weighted by molar-refractivity contribution is 0.231. The molecule has 0 fully saturated rings. The topological polar surface area (TPSA) is 32.3 Å². The van der Waals surface area contributed by atoms with Gasteiger partial charge in [-0.15, -0.1) is 11.3 Å². The van der Waals surface area contributed by atoms with Crippen molar-refractivity contribution in [3.8, 4) is 0 Å². The summed E-state index contributed by atoms with van der Waals surface area (Å²) in [6, 6.07) is 2.54. The summed E-state index contributed by atoms with van der Waals surface area (Å²) in [5.74, 6) is 1.08. The number of aliphatic hydroxyl groups is 1. The van der Waals surface area contributed by atoms with Crippen LogP contribution in [0.3, 0.4) is 0 Å². The maximum Gasteiger partial charge on any atom is 0.0585 e. The van der Waals surface area contributed by atoms with E-state index in [1.165, 1.54) is 4.88 Å². The molecular formula is C11H18BrNOS2. The summed E-state index contributed by atoms with van der Waals surface area (Å²) in [4.78, 5) is 1.29. The number of thiophene rings is 1. The molecule has 0 saturated heterocycles. The minimum absolute atomic E-state index is 0.191. The van der Waals surface area contributed by atoms with E-state index in [1.54, 1.807) is 11.3 Å². The van der Waals surface area contributed by atoms with Crippen LogP contribution in [0.2, 0.25) is 0 Å². The third-order valence-electron chi connectivity index (χ3n) is 2.41. The lowest BCUT2D eigenvalue weighted by Gasteiger charge is -2.21. The van der Waals surface area contributed by atoms with E-state index in [1.807, 2.05) is 11.8 Å². The summed E-state index contributed by atoms with van der Waals surface area (Å²) in [5, 5.41) is 14.8. The number of hydrogen-bond donors (Lipinski definition) is 2. The standard InChI is InChI=1S/C11H18BrNOS2/c1-8(11-10(12)4-6-16-11)13-9(7-14)3-5-15-2/h4,6,8-9,13-14H,3,5,7H2,1-2H3. The van der Waals surface area contributed by atoms with Gasteiger partial charge >= 0.3 is 0 Å². The van der Waals surface area contributed by atoms with Gasteiger partial charge < -0.3 is 10.4 Å². The van der Waals surface area contributed by atoms with Crippen molar-refractivity contribution in [2.24, 2.45) is 0 Å². The molecule has 0 amide bonds. The summed E-state index contributed by atoms with van der Waals surface area (Å²) >= 11 is 7.09. The number of rotatable bonds is 7. The van der Waals surface area contributed by atoms with E-state index in [9.17, 15) is 5.11 Å². The lowest BCUT2D eigenvalue weighted by Crippen LogP contribution is -2.34. The third-order valence-corrected chi connectivity index (χ3v) is 5.11. The van der Waals surface area contributed by atoms with Gasteiger partial charge in [-0.1, -0.05) is 0 Å². The Morgan fingerprint density at radius 3 is 2.88 bits per heavy atom. The molecule has 1 aromatic heterocycles. The molecule has 5 heteroatoms. The largest absolute Gasteiger partial charge is 0.395 e. The molecule has 2 nitrogen and oxygen atoms in total. The number of hydrogen-bond acceptors (Lipinski definition) is 4. The average molecular weight is 324 g/mol.